The fraction of sp³-hybridized carbons (Fsp3) is 0.333. The molecule has 3 N–H and O–H groups in total. The third kappa shape index (κ3) is 4.44. The van der Waals surface area contributed by atoms with Crippen molar-refractivity contribution < 1.29 is 14.7 Å². The van der Waals surface area contributed by atoms with Crippen molar-refractivity contribution >= 4 is 52.3 Å². The van der Waals surface area contributed by atoms with Crippen LogP contribution in [0.1, 0.15) is 19.8 Å². The summed E-state index contributed by atoms with van der Waals surface area (Å²) in [5, 5.41) is 14.8. The van der Waals surface area contributed by atoms with Gasteiger partial charge in [0, 0.05) is 19.4 Å². The summed E-state index contributed by atoms with van der Waals surface area (Å²) in [6, 6.07) is 1.27. The Hall–Kier alpha value is -1.17. The Morgan fingerprint density at radius 1 is 1.15 bits per heavy atom. The maximum Gasteiger partial charge on any atom is 0.225 e. The molecule has 5 nitrogen and oxygen atoms in total. The number of aromatic hydroxyl groups is 1. The molecule has 0 aromatic heterocycles. The lowest BCUT2D eigenvalue weighted by Gasteiger charge is -2.11. The molecule has 0 radical (unpaired) electrons. The third-order valence-electron chi connectivity index (χ3n) is 2.36. The normalized spacial score (nSPS) is 10.2. The van der Waals surface area contributed by atoms with E-state index in [1.807, 2.05) is 0 Å². The van der Waals surface area contributed by atoms with Gasteiger partial charge in [0.05, 0.1) is 15.1 Å². The molecule has 1 rings (SSSR count). The first-order valence-electron chi connectivity index (χ1n) is 5.79. The molecular weight excluding hydrogens is 327 g/mol. The maximum atomic E-state index is 11.7. The molecule has 0 bridgehead atoms. The molecule has 1 aromatic rings. The van der Waals surface area contributed by atoms with Crippen molar-refractivity contribution in [1.29, 1.82) is 0 Å². The maximum absolute atomic E-state index is 11.7. The Morgan fingerprint density at radius 3 is 2.35 bits per heavy atom. The van der Waals surface area contributed by atoms with Gasteiger partial charge in [0.1, 0.15) is 5.69 Å². The minimum atomic E-state index is -0.480. The lowest BCUT2D eigenvalue weighted by atomic mass is 10.2. The number of nitrogens with one attached hydrogen (secondary N) is 2. The Morgan fingerprint density at radius 2 is 1.75 bits per heavy atom. The van der Waals surface area contributed by atoms with Crippen molar-refractivity contribution in [2.75, 3.05) is 11.9 Å². The molecule has 110 valence electrons. The molecular formula is C12H13Cl3N2O3. The SMILES string of the molecule is CCNC(=O)CCC(=O)Nc1c(O)c(Cl)cc(Cl)c1Cl. The third-order valence-corrected chi connectivity index (χ3v) is 3.44. The van der Waals surface area contributed by atoms with Gasteiger partial charge in [-0.15, -0.1) is 0 Å². The highest BCUT2D eigenvalue weighted by Crippen LogP contribution is 2.42. The fourth-order valence-corrected chi connectivity index (χ4v) is 2.07. The van der Waals surface area contributed by atoms with Gasteiger partial charge in [-0.1, -0.05) is 34.8 Å². The van der Waals surface area contributed by atoms with Gasteiger partial charge < -0.3 is 15.7 Å². The molecule has 0 aliphatic heterocycles. The van der Waals surface area contributed by atoms with Crippen LogP contribution in [0.15, 0.2) is 6.07 Å². The second-order valence-electron chi connectivity index (χ2n) is 3.88. The molecule has 0 atom stereocenters. The molecule has 1 aromatic carbocycles. The molecule has 0 aliphatic rings. The van der Waals surface area contributed by atoms with E-state index < -0.39 is 5.91 Å². The molecule has 0 saturated heterocycles. The highest BCUT2D eigenvalue weighted by Gasteiger charge is 2.17. The van der Waals surface area contributed by atoms with Crippen molar-refractivity contribution in [3.8, 4) is 5.75 Å². The molecule has 0 aliphatic carbocycles. The number of anilines is 1. The van der Waals surface area contributed by atoms with E-state index in [0.717, 1.165) is 0 Å². The first kappa shape index (κ1) is 16.9. The van der Waals surface area contributed by atoms with E-state index in [0.29, 0.717) is 6.54 Å². The summed E-state index contributed by atoms with van der Waals surface area (Å²) in [5.74, 6) is -1.08. The number of carbonyl (C=O) groups is 2. The minimum Gasteiger partial charge on any atom is -0.504 e. The van der Waals surface area contributed by atoms with Crippen LogP contribution in [0.4, 0.5) is 5.69 Å². The Kier molecular flexibility index (Phi) is 6.39. The first-order chi connectivity index (χ1) is 9.36. The number of hydrogen-bond acceptors (Lipinski definition) is 3. The molecule has 0 saturated carbocycles. The lowest BCUT2D eigenvalue weighted by Crippen LogP contribution is -2.24. The zero-order valence-electron chi connectivity index (χ0n) is 10.6. The van der Waals surface area contributed by atoms with Crippen LogP contribution in [0.5, 0.6) is 5.75 Å². The van der Waals surface area contributed by atoms with Crippen molar-refractivity contribution in [2.45, 2.75) is 19.8 Å². The predicted octanol–water partition coefficient (Wildman–Crippen LogP) is 3.21. The van der Waals surface area contributed by atoms with Crippen molar-refractivity contribution in [2.24, 2.45) is 0 Å². The van der Waals surface area contributed by atoms with Crippen LogP contribution in [0.3, 0.4) is 0 Å². The van der Waals surface area contributed by atoms with E-state index >= 15 is 0 Å². The number of benzene rings is 1. The highest BCUT2D eigenvalue weighted by atomic mass is 35.5. The van der Waals surface area contributed by atoms with E-state index in [1.54, 1.807) is 6.92 Å². The van der Waals surface area contributed by atoms with Gasteiger partial charge in [-0.05, 0) is 13.0 Å². The smallest absolute Gasteiger partial charge is 0.225 e. The second-order valence-corrected chi connectivity index (χ2v) is 5.07. The Balaban J connectivity index is 2.74. The minimum absolute atomic E-state index is 0.0140. The van der Waals surface area contributed by atoms with Crippen molar-refractivity contribution in [1.82, 2.24) is 5.32 Å². The van der Waals surface area contributed by atoms with Crippen LogP contribution in [0.25, 0.3) is 0 Å². The number of phenolic OH excluding ortho intramolecular Hbond substituents is 1. The number of phenols is 1. The molecule has 8 heteroatoms. The summed E-state index contributed by atoms with van der Waals surface area (Å²) in [7, 11) is 0. The summed E-state index contributed by atoms with van der Waals surface area (Å²) in [6.07, 6.45) is -0.0158. The second kappa shape index (κ2) is 7.57. The van der Waals surface area contributed by atoms with E-state index in [2.05, 4.69) is 10.6 Å². The number of amides is 2. The van der Waals surface area contributed by atoms with E-state index in [-0.39, 0.29) is 45.3 Å². The molecule has 0 fully saturated rings. The summed E-state index contributed by atoms with van der Waals surface area (Å²) < 4.78 is 0. The summed E-state index contributed by atoms with van der Waals surface area (Å²) in [5.41, 5.74) is -0.0648. The zero-order chi connectivity index (χ0) is 15.3. The molecule has 0 heterocycles. The molecule has 0 spiro atoms. The average Bonchev–Trinajstić information content (AvgIpc) is 2.39. The topological polar surface area (TPSA) is 78.4 Å². The van der Waals surface area contributed by atoms with E-state index in [4.69, 9.17) is 34.8 Å². The standard InChI is InChI=1S/C12H13Cl3N2O3/c1-2-16-8(18)3-4-9(19)17-11-10(15)6(13)5-7(14)12(11)20/h5,20H,2-4H2,1H3,(H,16,18)(H,17,19). The van der Waals surface area contributed by atoms with Crippen LogP contribution in [0.2, 0.25) is 15.1 Å². The zero-order valence-corrected chi connectivity index (χ0v) is 12.9. The lowest BCUT2D eigenvalue weighted by molar-refractivity contribution is -0.124. The summed E-state index contributed by atoms with van der Waals surface area (Å²) in [4.78, 5) is 22.9. The van der Waals surface area contributed by atoms with Crippen LogP contribution in [0, 0.1) is 0 Å². The predicted molar refractivity (Wildman–Crippen MR) is 79.7 cm³/mol. The van der Waals surface area contributed by atoms with Gasteiger partial charge in [0.25, 0.3) is 0 Å². The van der Waals surface area contributed by atoms with Gasteiger partial charge in [0.15, 0.2) is 5.75 Å². The van der Waals surface area contributed by atoms with Crippen molar-refractivity contribution in [3.63, 3.8) is 0 Å². The molecule has 0 unspecified atom stereocenters. The highest BCUT2D eigenvalue weighted by molar-refractivity contribution is 6.46. The fourth-order valence-electron chi connectivity index (χ4n) is 1.41. The van der Waals surface area contributed by atoms with Gasteiger partial charge in [-0.25, -0.2) is 0 Å². The number of carbonyl (C=O) groups excluding carboxylic acids is 2. The van der Waals surface area contributed by atoms with E-state index in [9.17, 15) is 14.7 Å². The van der Waals surface area contributed by atoms with E-state index in [1.165, 1.54) is 6.07 Å². The van der Waals surface area contributed by atoms with Crippen LogP contribution >= 0.6 is 34.8 Å². The van der Waals surface area contributed by atoms with Crippen LogP contribution in [-0.4, -0.2) is 23.5 Å². The number of rotatable bonds is 5. The molecule has 2 amide bonds. The number of hydrogen-bond donors (Lipinski definition) is 3. The summed E-state index contributed by atoms with van der Waals surface area (Å²) >= 11 is 17.4. The van der Waals surface area contributed by atoms with Gasteiger partial charge in [-0.2, -0.15) is 0 Å². The van der Waals surface area contributed by atoms with Gasteiger partial charge in [0.2, 0.25) is 11.8 Å². The monoisotopic (exact) mass is 338 g/mol. The van der Waals surface area contributed by atoms with Gasteiger partial charge >= 0.3 is 0 Å². The largest absolute Gasteiger partial charge is 0.504 e. The van der Waals surface area contributed by atoms with Gasteiger partial charge in [-0.3, -0.25) is 9.59 Å². The Bertz CT molecular complexity index is 509. The van der Waals surface area contributed by atoms with Crippen molar-refractivity contribution in [3.05, 3.63) is 21.1 Å². The average molecular weight is 340 g/mol. The Labute approximate surface area is 131 Å². The van der Waals surface area contributed by atoms with Crippen LogP contribution < -0.4 is 10.6 Å². The quantitative estimate of drug-likeness (QED) is 0.569. The number of halogens is 3. The molecule has 20 heavy (non-hydrogen) atoms. The first-order valence-corrected chi connectivity index (χ1v) is 6.93. The van der Waals surface area contributed by atoms with Crippen LogP contribution in [-0.2, 0) is 9.59 Å². The summed E-state index contributed by atoms with van der Waals surface area (Å²) in [6.45, 7) is 2.28.